The minimum Gasteiger partial charge on any atom is -0.495 e. The third-order valence-corrected chi connectivity index (χ3v) is 18.3. The third-order valence-electron chi connectivity index (χ3n) is 16.8. The maximum Gasteiger partial charge on any atom is 0.330 e. The smallest absolute Gasteiger partial charge is 0.330 e. The van der Waals surface area contributed by atoms with E-state index >= 15 is 0 Å². The maximum atomic E-state index is 14.3. The second-order valence-corrected chi connectivity index (χ2v) is 24.5. The summed E-state index contributed by atoms with van der Waals surface area (Å²) in [6.07, 6.45) is 16.7. The Morgan fingerprint density at radius 2 is 0.979 bits per heavy atom. The van der Waals surface area contributed by atoms with Gasteiger partial charge < -0.3 is 54.7 Å². The Morgan fingerprint density at radius 1 is 0.604 bits per heavy atom. The van der Waals surface area contributed by atoms with E-state index in [1.807, 2.05) is 0 Å². The van der Waals surface area contributed by atoms with Gasteiger partial charge >= 0.3 is 12.1 Å². The normalized spacial score (nSPS) is 17.2. The first-order chi connectivity index (χ1) is 46.0. The fraction of sp³-hybridized carbons (Fsp3) is 0.433. The second-order valence-electron chi connectivity index (χ2n) is 23.0. The molecule has 10 rings (SSSR count). The largest absolute Gasteiger partial charge is 0.495 e. The van der Waals surface area contributed by atoms with Gasteiger partial charge in [0.05, 0.1) is 66.0 Å². The molecular weight excluding hydrogens is 1320 g/mol. The zero-order valence-corrected chi connectivity index (χ0v) is 58.9. The van der Waals surface area contributed by atoms with Crippen molar-refractivity contribution in [3.8, 4) is 23.0 Å². The van der Waals surface area contributed by atoms with E-state index in [0.717, 1.165) is 51.4 Å². The van der Waals surface area contributed by atoms with Gasteiger partial charge in [-0.15, -0.1) is 0 Å². The van der Waals surface area contributed by atoms with Crippen LogP contribution in [0.4, 0.5) is 44.5 Å². The summed E-state index contributed by atoms with van der Waals surface area (Å²) in [6, 6.07) is 8.48. The number of nitrogens with one attached hydrogen (secondary N) is 3. The van der Waals surface area contributed by atoms with Crippen LogP contribution in [0.5, 0.6) is 23.0 Å². The van der Waals surface area contributed by atoms with Gasteiger partial charge in [-0.1, -0.05) is 106 Å². The quantitative estimate of drug-likeness (QED) is 0.0517. The molecule has 2 aliphatic heterocycles. The average Bonchev–Trinajstić information content (AvgIpc) is 0.760. The first kappa shape index (κ1) is 74.9. The number of carbonyl (C=O) groups is 4. The van der Waals surface area contributed by atoms with Crippen LogP contribution >= 0.6 is 46.4 Å². The number of aromatic nitrogens is 6. The molecule has 0 spiro atoms. The first-order valence-corrected chi connectivity index (χ1v) is 33.0. The topological polar surface area (TPSA) is 279 Å². The highest BCUT2D eigenvalue weighted by Gasteiger charge is 2.40. The molecular formula is C67H85Cl4N15O10. The minimum absolute atomic E-state index is 0.00512. The maximum absolute atomic E-state index is 14.3. The zero-order valence-electron chi connectivity index (χ0n) is 55.8. The fourth-order valence-electron chi connectivity index (χ4n) is 11.2. The van der Waals surface area contributed by atoms with Crippen molar-refractivity contribution in [1.29, 1.82) is 0 Å². The molecule has 5 N–H and O–H groups in total. The van der Waals surface area contributed by atoms with Crippen LogP contribution in [0.3, 0.4) is 0 Å². The third kappa shape index (κ3) is 18.1. The molecule has 6 aromatic rings. The van der Waals surface area contributed by atoms with Gasteiger partial charge in [-0.2, -0.15) is 9.97 Å². The fourth-order valence-corrected chi connectivity index (χ4v) is 12.6. The molecule has 2 aliphatic carbocycles. The summed E-state index contributed by atoms with van der Waals surface area (Å²) in [5.41, 5.74) is 8.87. The van der Waals surface area contributed by atoms with Crippen LogP contribution in [0.1, 0.15) is 101 Å². The standard InChI is InChI=1S/C30H33Cl2N7O5.C27H31Cl2N7O4.C6H15N.C4H6O/c1-5-23(40)34-19-8-6-7-9-20(19)35-29-33-14-18-16-38(27-25(31)21(43-3)13-22(44-4)26(27)32)30(42)39(28(18)36-29)15-17-10-11-37(2)24(41)12-17;1-34-9-8-15(10-21(34)37)13-36-25-16(12-31-26(33-25)32-18-7-5-4-6-17(18)30)14-35(27(36)38)24-22(28)19(39-2)11-20(40-3)23(24)29;1-4-7(5-2)6-3;1-3-4(2)5/h5,10-14,19-20H,1,6-9,15-16H2,2-4H3,(H,34,40)(H,33,35,36);8-12,17-18H,4-7,13-14,30H2,1-3H3,(H,31,32,33);4-6H2,1-3H3;3H,1H2,2H3. The lowest BCUT2D eigenvalue weighted by Crippen LogP contribution is -2.49. The van der Waals surface area contributed by atoms with Crippen molar-refractivity contribution in [2.75, 3.05) is 78.3 Å². The number of nitrogens with zero attached hydrogens (tertiary/aromatic N) is 11. The number of hydrogen-bond acceptors (Lipinski definition) is 18. The van der Waals surface area contributed by atoms with E-state index in [2.05, 4.69) is 64.7 Å². The Labute approximate surface area is 579 Å². The molecule has 5 amide bonds. The van der Waals surface area contributed by atoms with E-state index < -0.39 is 12.1 Å². The summed E-state index contributed by atoms with van der Waals surface area (Å²) in [7, 11) is 9.15. The molecule has 25 nitrogen and oxygen atoms in total. The van der Waals surface area contributed by atoms with Gasteiger partial charge in [-0.25, -0.2) is 19.6 Å². The van der Waals surface area contributed by atoms with E-state index in [1.165, 1.54) is 108 Å². The summed E-state index contributed by atoms with van der Waals surface area (Å²) in [4.78, 5) is 102. The summed E-state index contributed by atoms with van der Waals surface area (Å²) in [6.45, 7) is 18.6. The Kier molecular flexibility index (Phi) is 27.3. The number of carbonyl (C=O) groups excluding carboxylic acids is 4. The highest BCUT2D eigenvalue weighted by atomic mass is 35.5. The predicted molar refractivity (Wildman–Crippen MR) is 378 cm³/mol. The lowest BCUT2D eigenvalue weighted by molar-refractivity contribution is -0.117. The predicted octanol–water partition coefficient (Wildman–Crippen LogP) is 11.1. The number of amides is 5. The van der Waals surface area contributed by atoms with Gasteiger partial charge in [0.1, 0.15) is 54.7 Å². The van der Waals surface area contributed by atoms with Crippen LogP contribution in [-0.2, 0) is 49.9 Å². The lowest BCUT2D eigenvalue weighted by Gasteiger charge is -2.37. The van der Waals surface area contributed by atoms with Gasteiger partial charge in [0.15, 0.2) is 5.78 Å². The van der Waals surface area contributed by atoms with Crippen molar-refractivity contribution in [2.45, 2.75) is 129 Å². The number of ether oxygens (including phenoxy) is 4. The second kappa shape index (κ2) is 35.0. The Hall–Kier alpha value is -8.46. The van der Waals surface area contributed by atoms with Gasteiger partial charge in [-0.3, -0.25) is 38.8 Å². The molecule has 96 heavy (non-hydrogen) atoms. The van der Waals surface area contributed by atoms with E-state index in [4.69, 9.17) is 81.1 Å². The molecule has 0 bridgehead atoms. The number of nitrogens with two attached hydrogens (primary N) is 1. The molecule has 2 saturated carbocycles. The Bertz CT molecular complexity index is 3850. The molecule has 4 aromatic heterocycles. The number of allylic oxidation sites excluding steroid dienone is 1. The number of urea groups is 2. The monoisotopic (exact) mass is 1400 g/mol. The number of anilines is 6. The van der Waals surface area contributed by atoms with Crippen LogP contribution in [0, 0.1) is 0 Å². The van der Waals surface area contributed by atoms with E-state index in [0.29, 0.717) is 57.3 Å². The van der Waals surface area contributed by atoms with Crippen LogP contribution in [0.25, 0.3) is 0 Å². The van der Waals surface area contributed by atoms with Crippen LogP contribution < -0.4 is 71.3 Å². The van der Waals surface area contributed by atoms with E-state index in [9.17, 15) is 28.8 Å². The Morgan fingerprint density at radius 3 is 1.32 bits per heavy atom. The number of hydrogen-bond donors (Lipinski definition) is 4. The molecule has 4 aliphatic rings. The van der Waals surface area contributed by atoms with Crippen LogP contribution in [0.15, 0.2) is 96.1 Å². The van der Waals surface area contributed by atoms with Crippen molar-refractivity contribution in [1.82, 2.24) is 39.3 Å². The van der Waals surface area contributed by atoms with Gasteiger partial charge in [0.25, 0.3) is 11.1 Å². The SMILES string of the molecule is C=CC(=O)NC1CCCCC1Nc1ncc2c(n1)N(Cc1ccn(C)c(=O)c1)C(=O)N(c1c(Cl)c(OC)cc(OC)c1Cl)C2.C=CC(C)=O.CCN(CC)CC.COc1cc(OC)c(Cl)c(N2Cc3cnc(NC4CCCCC4N)nc3N(Cc3ccn(C)c(=O)c3)C2=O)c1Cl. The summed E-state index contributed by atoms with van der Waals surface area (Å²) in [5, 5.41) is 10.3. The highest BCUT2D eigenvalue weighted by Crippen LogP contribution is 2.50. The van der Waals surface area contributed by atoms with Crippen LogP contribution in [0.2, 0.25) is 20.1 Å². The number of rotatable bonds is 20. The van der Waals surface area contributed by atoms with Crippen molar-refractivity contribution in [2.24, 2.45) is 19.8 Å². The highest BCUT2D eigenvalue weighted by molar-refractivity contribution is 6.43. The number of aryl methyl sites for hydroxylation is 2. The molecule has 6 heterocycles. The van der Waals surface area contributed by atoms with E-state index in [-0.39, 0.29) is 116 Å². The minimum atomic E-state index is -0.476. The van der Waals surface area contributed by atoms with E-state index in [1.54, 1.807) is 63.1 Å². The lowest BCUT2D eigenvalue weighted by atomic mass is 9.90. The number of pyridine rings is 2. The van der Waals surface area contributed by atoms with Gasteiger partial charge in [-0.05, 0) is 87.7 Å². The van der Waals surface area contributed by atoms with Crippen molar-refractivity contribution < 1.29 is 38.1 Å². The number of methoxy groups -OCH3 is 4. The zero-order chi connectivity index (χ0) is 70.1. The molecule has 29 heteroatoms. The first-order valence-electron chi connectivity index (χ1n) is 31.5. The van der Waals surface area contributed by atoms with Gasteiger partial charge in [0.2, 0.25) is 17.8 Å². The van der Waals surface area contributed by atoms with Crippen molar-refractivity contribution in [3.05, 3.63) is 150 Å². The number of benzene rings is 2. The molecule has 516 valence electrons. The Balaban J connectivity index is 0.000000232. The molecule has 0 radical (unpaired) electrons. The molecule has 4 unspecified atom stereocenters. The van der Waals surface area contributed by atoms with Crippen molar-refractivity contribution >= 4 is 105 Å². The number of fused-ring (bicyclic) bond motifs is 2. The summed E-state index contributed by atoms with van der Waals surface area (Å²) < 4.78 is 24.6. The number of halogens is 4. The van der Waals surface area contributed by atoms with Crippen molar-refractivity contribution in [3.63, 3.8) is 0 Å². The van der Waals surface area contributed by atoms with Crippen LogP contribution in [-0.4, -0.2) is 130 Å². The summed E-state index contributed by atoms with van der Waals surface area (Å²) >= 11 is 26.8. The summed E-state index contributed by atoms with van der Waals surface area (Å²) in [5.74, 6) is 2.42. The molecule has 2 aromatic carbocycles. The molecule has 4 atom stereocenters. The molecule has 2 fully saturated rings. The average molecular weight is 1400 g/mol. The number of ketones is 1. The van der Waals surface area contributed by atoms with Gasteiger partial charge in [0, 0.05) is 98.4 Å². The molecule has 0 saturated heterocycles.